The lowest BCUT2D eigenvalue weighted by Crippen LogP contribution is -2.36. The number of hydrogen-bond acceptors (Lipinski definition) is 3. The van der Waals surface area contributed by atoms with E-state index in [2.05, 4.69) is 0 Å². The second kappa shape index (κ2) is 5.55. The van der Waals surface area contributed by atoms with Crippen LogP contribution in [0, 0.1) is 10.1 Å². The second-order valence-corrected chi connectivity index (χ2v) is 3.99. The van der Waals surface area contributed by atoms with E-state index in [1.165, 1.54) is 6.07 Å². The van der Waals surface area contributed by atoms with Crippen molar-refractivity contribution in [2.75, 3.05) is 0 Å². The van der Waals surface area contributed by atoms with Gasteiger partial charge in [-0.05, 0) is 11.0 Å². The third-order valence-electron chi connectivity index (χ3n) is 2.47. The number of nitro groups is 1. The average molecular weight is 300 g/mol. The molecule has 112 valence electrons. The smallest absolute Gasteiger partial charge is 0.358 e. The molecule has 0 fully saturated rings. The maximum atomic E-state index is 12.6. The van der Waals surface area contributed by atoms with Gasteiger partial charge in [-0.2, -0.15) is 22.0 Å². The molecule has 0 amide bonds. The Morgan fingerprint density at radius 3 is 2.40 bits per heavy atom. The number of carbonyl (C=O) groups is 1. The fraction of sp³-hybridized carbons (Fsp3) is 0.500. The lowest BCUT2D eigenvalue weighted by Gasteiger charge is -2.18. The number of aromatic nitrogens is 1. The molecule has 0 radical (unpaired) electrons. The summed E-state index contributed by atoms with van der Waals surface area (Å²) in [5.41, 5.74) is 0. The molecule has 1 heterocycles. The summed E-state index contributed by atoms with van der Waals surface area (Å²) >= 11 is 0. The molecule has 1 aromatic heterocycles. The molecule has 10 heteroatoms. The Labute approximate surface area is 109 Å². The van der Waals surface area contributed by atoms with Crippen LogP contribution >= 0.6 is 0 Å². The summed E-state index contributed by atoms with van der Waals surface area (Å²) < 4.78 is 61.7. The maximum Gasteiger partial charge on any atom is 0.453 e. The first-order valence-corrected chi connectivity index (χ1v) is 5.30. The largest absolute Gasteiger partial charge is 0.453 e. The maximum absolute atomic E-state index is 12.6. The van der Waals surface area contributed by atoms with Gasteiger partial charge in [0.1, 0.15) is 6.54 Å². The number of rotatable bonds is 6. The quantitative estimate of drug-likeness (QED) is 0.461. The SMILES string of the molecule is O=C(CCC(F)(F)C(F)(F)F)Cn1cccc1[N+](=O)[O-]. The summed E-state index contributed by atoms with van der Waals surface area (Å²) in [6.07, 6.45) is -7.25. The van der Waals surface area contributed by atoms with Gasteiger partial charge in [0.15, 0.2) is 5.78 Å². The minimum atomic E-state index is -5.72. The number of halogens is 5. The van der Waals surface area contributed by atoms with E-state index < -0.39 is 48.0 Å². The number of nitrogens with zero attached hydrogens (tertiary/aromatic N) is 2. The summed E-state index contributed by atoms with van der Waals surface area (Å²) in [6, 6.07) is 2.34. The monoisotopic (exact) mass is 300 g/mol. The number of carbonyl (C=O) groups excluding carboxylic acids is 1. The Balaban J connectivity index is 2.61. The average Bonchev–Trinajstić information content (AvgIpc) is 2.73. The summed E-state index contributed by atoms with van der Waals surface area (Å²) in [6.45, 7) is -0.628. The first-order chi connectivity index (χ1) is 9.04. The van der Waals surface area contributed by atoms with Crippen LogP contribution in [-0.4, -0.2) is 27.4 Å². The van der Waals surface area contributed by atoms with Crippen LogP contribution in [0.4, 0.5) is 27.8 Å². The van der Waals surface area contributed by atoms with E-state index >= 15 is 0 Å². The molecule has 0 unspecified atom stereocenters. The van der Waals surface area contributed by atoms with E-state index in [1.807, 2.05) is 0 Å². The number of Topliss-reactive ketones (excluding diaryl/α,β-unsaturated/α-hetero) is 1. The molecule has 0 saturated carbocycles. The van der Waals surface area contributed by atoms with Crippen molar-refractivity contribution in [3.8, 4) is 0 Å². The van der Waals surface area contributed by atoms with Gasteiger partial charge in [0.25, 0.3) is 0 Å². The summed E-state index contributed by atoms with van der Waals surface area (Å²) in [5.74, 6) is -6.35. The molecule has 0 N–H and O–H groups in total. The van der Waals surface area contributed by atoms with Crippen LogP contribution in [0.15, 0.2) is 18.3 Å². The zero-order valence-electron chi connectivity index (χ0n) is 9.86. The second-order valence-electron chi connectivity index (χ2n) is 3.99. The van der Waals surface area contributed by atoms with Crippen LogP contribution < -0.4 is 0 Å². The predicted octanol–water partition coefficient (Wildman–Crippen LogP) is 2.94. The normalized spacial score (nSPS) is 12.4. The highest BCUT2D eigenvalue weighted by atomic mass is 19.4. The molecule has 0 saturated heterocycles. The van der Waals surface area contributed by atoms with Crippen LogP contribution in [0.3, 0.4) is 0 Å². The van der Waals surface area contributed by atoms with Gasteiger partial charge in [0.2, 0.25) is 0 Å². The molecule has 1 rings (SSSR count). The fourth-order valence-electron chi connectivity index (χ4n) is 1.41. The van der Waals surface area contributed by atoms with Gasteiger partial charge in [-0.25, -0.2) is 4.57 Å². The molecule has 0 aliphatic rings. The van der Waals surface area contributed by atoms with Crippen molar-refractivity contribution in [2.45, 2.75) is 31.5 Å². The van der Waals surface area contributed by atoms with Gasteiger partial charge in [-0.1, -0.05) is 0 Å². The first-order valence-electron chi connectivity index (χ1n) is 5.30. The Kier molecular flexibility index (Phi) is 4.46. The Hall–Kier alpha value is -2.00. The van der Waals surface area contributed by atoms with Crippen molar-refractivity contribution in [1.29, 1.82) is 0 Å². The topological polar surface area (TPSA) is 65.1 Å². The van der Waals surface area contributed by atoms with Gasteiger partial charge in [0.05, 0.1) is 6.20 Å². The van der Waals surface area contributed by atoms with Gasteiger partial charge >= 0.3 is 17.9 Å². The van der Waals surface area contributed by atoms with Crippen molar-refractivity contribution in [2.24, 2.45) is 0 Å². The number of ketones is 1. The first kappa shape index (κ1) is 16.1. The molecule has 1 aromatic rings. The van der Waals surface area contributed by atoms with E-state index in [0.29, 0.717) is 0 Å². The van der Waals surface area contributed by atoms with Crippen molar-refractivity contribution < 1.29 is 31.7 Å². The zero-order chi connectivity index (χ0) is 15.6. The van der Waals surface area contributed by atoms with Crippen molar-refractivity contribution in [3.63, 3.8) is 0 Å². The van der Waals surface area contributed by atoms with E-state index in [-0.39, 0.29) is 0 Å². The molecular weight excluding hydrogens is 291 g/mol. The van der Waals surface area contributed by atoms with Gasteiger partial charge in [-0.15, -0.1) is 0 Å². The van der Waals surface area contributed by atoms with Gasteiger partial charge < -0.3 is 10.1 Å². The van der Waals surface area contributed by atoms with Crippen LogP contribution in [-0.2, 0) is 11.3 Å². The molecule has 5 nitrogen and oxygen atoms in total. The minimum absolute atomic E-state index is 0.444. The summed E-state index contributed by atoms with van der Waals surface area (Å²) in [7, 11) is 0. The molecule has 0 aromatic carbocycles. The number of hydrogen-bond donors (Lipinski definition) is 0. The third kappa shape index (κ3) is 3.75. The van der Waals surface area contributed by atoms with E-state index in [0.717, 1.165) is 16.8 Å². The standard InChI is InChI=1S/C10H9F5N2O3/c11-9(12,10(13,14)15)4-3-7(18)6-16-5-1-2-8(16)17(19)20/h1-2,5H,3-4,6H2. The molecule has 0 bridgehead atoms. The molecule has 0 aliphatic heterocycles. The van der Waals surface area contributed by atoms with E-state index in [9.17, 15) is 36.9 Å². The van der Waals surface area contributed by atoms with Crippen LogP contribution in [0.25, 0.3) is 0 Å². The highest BCUT2D eigenvalue weighted by molar-refractivity contribution is 5.78. The van der Waals surface area contributed by atoms with Gasteiger partial charge in [0, 0.05) is 18.9 Å². The zero-order valence-corrected chi connectivity index (χ0v) is 9.86. The highest BCUT2D eigenvalue weighted by Gasteiger charge is 2.56. The Bertz CT molecular complexity index is 509. The van der Waals surface area contributed by atoms with E-state index in [1.54, 1.807) is 0 Å². The lowest BCUT2D eigenvalue weighted by molar-refractivity contribution is -0.391. The lowest BCUT2D eigenvalue weighted by atomic mass is 10.1. The fourth-order valence-corrected chi connectivity index (χ4v) is 1.41. The molecule has 0 aliphatic carbocycles. The Morgan fingerprint density at radius 2 is 1.90 bits per heavy atom. The third-order valence-corrected chi connectivity index (χ3v) is 2.47. The molecular formula is C10H9F5N2O3. The van der Waals surface area contributed by atoms with Crippen molar-refractivity contribution in [1.82, 2.24) is 4.57 Å². The van der Waals surface area contributed by atoms with Crippen LogP contribution in [0.2, 0.25) is 0 Å². The molecule has 20 heavy (non-hydrogen) atoms. The highest BCUT2D eigenvalue weighted by Crippen LogP contribution is 2.38. The Morgan fingerprint density at radius 1 is 1.30 bits per heavy atom. The summed E-state index contributed by atoms with van der Waals surface area (Å²) in [5, 5.41) is 10.5. The van der Waals surface area contributed by atoms with Crippen LogP contribution in [0.1, 0.15) is 12.8 Å². The van der Waals surface area contributed by atoms with Gasteiger partial charge in [-0.3, -0.25) is 4.79 Å². The summed E-state index contributed by atoms with van der Waals surface area (Å²) in [4.78, 5) is 21.0. The number of alkyl halides is 5. The van der Waals surface area contributed by atoms with Crippen LogP contribution in [0.5, 0.6) is 0 Å². The van der Waals surface area contributed by atoms with E-state index in [4.69, 9.17) is 0 Å². The molecule has 0 spiro atoms. The molecule has 0 atom stereocenters. The van der Waals surface area contributed by atoms with Crippen molar-refractivity contribution in [3.05, 3.63) is 28.4 Å². The minimum Gasteiger partial charge on any atom is -0.358 e. The predicted molar refractivity (Wildman–Crippen MR) is 56.3 cm³/mol. The van der Waals surface area contributed by atoms with Crippen molar-refractivity contribution >= 4 is 11.6 Å².